The summed E-state index contributed by atoms with van der Waals surface area (Å²) in [5.41, 5.74) is 1.35. The second-order valence-corrected chi connectivity index (χ2v) is 8.70. The molecule has 1 aliphatic heterocycles. The number of rotatable bonds is 6. The lowest BCUT2D eigenvalue weighted by Crippen LogP contribution is -2.29. The number of carbonyl (C=O) groups excluding carboxylic acids is 1. The Morgan fingerprint density at radius 1 is 1.03 bits per heavy atom. The first-order valence-electron chi connectivity index (χ1n) is 9.30. The number of alkyl halides is 3. The molecule has 9 heteroatoms. The lowest BCUT2D eigenvalue weighted by Gasteiger charge is -2.18. The molecule has 0 aliphatic carbocycles. The van der Waals surface area contributed by atoms with Gasteiger partial charge in [0, 0.05) is 28.3 Å². The molecule has 1 heterocycles. The quantitative estimate of drug-likeness (QED) is 0.583. The Labute approximate surface area is 176 Å². The fraction of sp³-hybridized carbons (Fsp3) is 0.136. The van der Waals surface area contributed by atoms with Gasteiger partial charge in [0.05, 0.1) is 16.9 Å². The molecule has 3 aromatic carbocycles. The number of hydrogen-bond acceptors (Lipinski definition) is 3. The van der Waals surface area contributed by atoms with Crippen molar-refractivity contribution in [1.29, 1.82) is 0 Å². The Hall–Kier alpha value is -3.33. The SMILES string of the molecule is C=CS(=O)(=O)Nc1ccc2c3c(cccc13)C(=O)N2CCc1ccc(C(F)(F)F)cc1. The maximum atomic E-state index is 13.0. The Morgan fingerprint density at radius 3 is 2.39 bits per heavy atom. The molecule has 0 radical (unpaired) electrons. The third-order valence-corrected chi connectivity index (χ3v) is 6.11. The number of halogens is 3. The highest BCUT2D eigenvalue weighted by Crippen LogP contribution is 2.41. The minimum Gasteiger partial charge on any atom is -0.307 e. The third-order valence-electron chi connectivity index (χ3n) is 5.16. The molecular weight excluding hydrogens is 429 g/mol. The van der Waals surface area contributed by atoms with Crippen LogP contribution in [0.25, 0.3) is 10.8 Å². The lowest BCUT2D eigenvalue weighted by atomic mass is 10.0. The van der Waals surface area contributed by atoms with E-state index in [2.05, 4.69) is 11.3 Å². The van der Waals surface area contributed by atoms with Crippen LogP contribution in [0.5, 0.6) is 0 Å². The van der Waals surface area contributed by atoms with Gasteiger partial charge in [-0.25, -0.2) is 8.42 Å². The van der Waals surface area contributed by atoms with E-state index in [1.54, 1.807) is 35.2 Å². The van der Waals surface area contributed by atoms with E-state index in [0.717, 1.165) is 17.5 Å². The number of carbonyl (C=O) groups is 1. The zero-order chi connectivity index (χ0) is 22.4. The normalized spacial score (nSPS) is 13.6. The first-order valence-corrected chi connectivity index (χ1v) is 10.8. The van der Waals surface area contributed by atoms with E-state index in [4.69, 9.17) is 0 Å². The highest BCUT2D eigenvalue weighted by atomic mass is 32.2. The highest BCUT2D eigenvalue weighted by Gasteiger charge is 2.31. The van der Waals surface area contributed by atoms with Crippen LogP contribution in [0.15, 0.2) is 66.6 Å². The summed E-state index contributed by atoms with van der Waals surface area (Å²) >= 11 is 0. The predicted octanol–water partition coefficient (Wildman–Crippen LogP) is 4.95. The molecule has 0 spiro atoms. The Bertz CT molecular complexity index is 1300. The molecule has 0 saturated heterocycles. The zero-order valence-corrected chi connectivity index (χ0v) is 16.9. The van der Waals surface area contributed by atoms with Gasteiger partial charge >= 0.3 is 6.18 Å². The zero-order valence-electron chi connectivity index (χ0n) is 16.1. The minimum atomic E-state index is -4.40. The molecule has 0 unspecified atom stereocenters. The van der Waals surface area contributed by atoms with Crippen molar-refractivity contribution in [2.75, 3.05) is 16.2 Å². The lowest BCUT2D eigenvalue weighted by molar-refractivity contribution is -0.137. The van der Waals surface area contributed by atoms with Crippen molar-refractivity contribution in [2.45, 2.75) is 12.6 Å². The van der Waals surface area contributed by atoms with Gasteiger partial charge in [0.2, 0.25) is 0 Å². The maximum Gasteiger partial charge on any atom is 0.416 e. The average molecular weight is 446 g/mol. The van der Waals surface area contributed by atoms with Gasteiger partial charge in [-0.05, 0) is 42.3 Å². The Balaban J connectivity index is 1.63. The van der Waals surface area contributed by atoms with Crippen LogP contribution >= 0.6 is 0 Å². The van der Waals surface area contributed by atoms with Crippen molar-refractivity contribution in [3.63, 3.8) is 0 Å². The summed E-state index contributed by atoms with van der Waals surface area (Å²) in [4.78, 5) is 14.5. The first kappa shape index (κ1) is 20.9. The van der Waals surface area contributed by atoms with Crippen LogP contribution in [-0.2, 0) is 22.6 Å². The second kappa shape index (κ2) is 7.42. The van der Waals surface area contributed by atoms with Crippen LogP contribution in [0.1, 0.15) is 21.5 Å². The van der Waals surface area contributed by atoms with Crippen molar-refractivity contribution < 1.29 is 26.4 Å². The maximum absolute atomic E-state index is 13.0. The monoisotopic (exact) mass is 446 g/mol. The molecule has 31 heavy (non-hydrogen) atoms. The fourth-order valence-corrected chi connectivity index (χ4v) is 4.22. The van der Waals surface area contributed by atoms with Gasteiger partial charge in [0.1, 0.15) is 0 Å². The number of nitrogens with zero attached hydrogens (tertiary/aromatic N) is 1. The molecule has 0 aromatic heterocycles. The van der Waals surface area contributed by atoms with Gasteiger partial charge in [0.15, 0.2) is 0 Å². The molecular formula is C22H17F3N2O3S. The van der Waals surface area contributed by atoms with E-state index >= 15 is 0 Å². The van der Waals surface area contributed by atoms with Crippen molar-refractivity contribution in [2.24, 2.45) is 0 Å². The third kappa shape index (κ3) is 3.88. The van der Waals surface area contributed by atoms with Crippen molar-refractivity contribution in [1.82, 2.24) is 0 Å². The molecule has 0 saturated carbocycles. The molecule has 4 rings (SSSR count). The second-order valence-electron chi connectivity index (χ2n) is 7.08. The number of benzene rings is 3. The minimum absolute atomic E-state index is 0.240. The van der Waals surface area contributed by atoms with Crippen LogP contribution in [-0.4, -0.2) is 20.9 Å². The Morgan fingerprint density at radius 2 is 1.74 bits per heavy atom. The highest BCUT2D eigenvalue weighted by molar-refractivity contribution is 7.95. The summed E-state index contributed by atoms with van der Waals surface area (Å²) in [6.07, 6.45) is -4.03. The summed E-state index contributed by atoms with van der Waals surface area (Å²) in [5.74, 6) is -0.240. The van der Waals surface area contributed by atoms with E-state index in [9.17, 15) is 26.4 Å². The predicted molar refractivity (Wildman–Crippen MR) is 114 cm³/mol. The molecule has 0 atom stereocenters. The van der Waals surface area contributed by atoms with E-state index in [1.165, 1.54) is 12.1 Å². The van der Waals surface area contributed by atoms with Crippen molar-refractivity contribution in [3.05, 3.63) is 83.3 Å². The number of nitrogens with one attached hydrogen (secondary N) is 1. The number of anilines is 2. The molecule has 1 N–H and O–H groups in total. The van der Waals surface area contributed by atoms with Gasteiger partial charge in [-0.1, -0.05) is 30.8 Å². The van der Waals surface area contributed by atoms with E-state index in [1.807, 2.05) is 0 Å². The van der Waals surface area contributed by atoms with E-state index < -0.39 is 21.8 Å². The first-order chi connectivity index (χ1) is 14.6. The largest absolute Gasteiger partial charge is 0.416 e. The van der Waals surface area contributed by atoms with Crippen LogP contribution in [0.3, 0.4) is 0 Å². The standard InChI is InChI=1S/C22H17F3N2O3S/c1-2-31(29,30)26-18-10-11-19-20-16(18)4-3-5-17(20)21(28)27(19)13-12-14-6-8-15(9-7-14)22(23,24)25/h2-11,26H,1,12-13H2. The van der Waals surface area contributed by atoms with Crippen molar-refractivity contribution >= 4 is 38.1 Å². The van der Waals surface area contributed by atoms with Gasteiger partial charge in [-0.15, -0.1) is 0 Å². The van der Waals surface area contributed by atoms with Crippen LogP contribution in [0.4, 0.5) is 24.5 Å². The van der Waals surface area contributed by atoms with Gasteiger partial charge in [0.25, 0.3) is 15.9 Å². The topological polar surface area (TPSA) is 66.5 Å². The number of sulfonamides is 1. The van der Waals surface area contributed by atoms with Gasteiger partial charge < -0.3 is 4.90 Å². The van der Waals surface area contributed by atoms with Gasteiger partial charge in [-0.2, -0.15) is 13.2 Å². The summed E-state index contributed by atoms with van der Waals surface area (Å²) in [6.45, 7) is 3.55. The summed E-state index contributed by atoms with van der Waals surface area (Å²) in [6, 6.07) is 13.1. The molecule has 0 bridgehead atoms. The molecule has 1 amide bonds. The summed E-state index contributed by atoms with van der Waals surface area (Å²) in [5, 5.41) is 2.01. The number of hydrogen-bond donors (Lipinski definition) is 1. The molecule has 1 aliphatic rings. The smallest absolute Gasteiger partial charge is 0.307 e. The Kier molecular flexibility index (Phi) is 5.01. The van der Waals surface area contributed by atoms with Crippen molar-refractivity contribution in [3.8, 4) is 0 Å². The van der Waals surface area contributed by atoms with Crippen LogP contribution < -0.4 is 9.62 Å². The molecule has 0 fully saturated rings. The van der Waals surface area contributed by atoms with Crippen LogP contribution in [0, 0.1) is 0 Å². The van der Waals surface area contributed by atoms with E-state index in [0.29, 0.717) is 39.7 Å². The fourth-order valence-electron chi connectivity index (χ4n) is 3.65. The van der Waals surface area contributed by atoms with E-state index in [-0.39, 0.29) is 12.5 Å². The average Bonchev–Trinajstić information content (AvgIpc) is 3.01. The van der Waals surface area contributed by atoms with Gasteiger partial charge in [-0.3, -0.25) is 9.52 Å². The van der Waals surface area contributed by atoms with Crippen LogP contribution in [0.2, 0.25) is 0 Å². The summed E-state index contributed by atoms with van der Waals surface area (Å²) < 4.78 is 64.4. The molecule has 3 aromatic rings. The number of amides is 1. The molecule has 160 valence electrons. The molecule has 5 nitrogen and oxygen atoms in total. The summed E-state index contributed by atoms with van der Waals surface area (Å²) in [7, 11) is -3.72.